The first-order chi connectivity index (χ1) is 5.07. The van der Waals surface area contributed by atoms with Crippen molar-refractivity contribution in [2.75, 3.05) is 13.7 Å². The first kappa shape index (κ1) is 9.90. The maximum atomic E-state index is 10.7. The molecule has 3 N–H and O–H groups in total. The SMILES string of the molecule is COCC(=O)N[C@H](C)C(N)=O. The van der Waals surface area contributed by atoms with Crippen LogP contribution in [0.1, 0.15) is 6.92 Å². The number of amides is 2. The van der Waals surface area contributed by atoms with Crippen LogP contribution in [0.25, 0.3) is 0 Å². The molecule has 0 rings (SSSR count). The summed E-state index contributed by atoms with van der Waals surface area (Å²) < 4.78 is 4.52. The number of hydrogen-bond acceptors (Lipinski definition) is 3. The molecule has 0 unspecified atom stereocenters. The van der Waals surface area contributed by atoms with Gasteiger partial charge in [-0.05, 0) is 6.92 Å². The van der Waals surface area contributed by atoms with E-state index >= 15 is 0 Å². The number of ether oxygens (including phenoxy) is 1. The van der Waals surface area contributed by atoms with Crippen molar-refractivity contribution in [3.63, 3.8) is 0 Å². The summed E-state index contributed by atoms with van der Waals surface area (Å²) in [6, 6.07) is -0.641. The van der Waals surface area contributed by atoms with Crippen LogP contribution in [0.2, 0.25) is 0 Å². The molecule has 0 aliphatic heterocycles. The van der Waals surface area contributed by atoms with Gasteiger partial charge in [0, 0.05) is 7.11 Å². The number of rotatable bonds is 4. The molecule has 0 radical (unpaired) electrons. The Hall–Kier alpha value is -1.10. The van der Waals surface area contributed by atoms with Crippen LogP contribution in [-0.2, 0) is 14.3 Å². The maximum Gasteiger partial charge on any atom is 0.246 e. The Balaban J connectivity index is 3.66. The second-order valence-electron chi connectivity index (χ2n) is 2.12. The van der Waals surface area contributed by atoms with Gasteiger partial charge in [-0.3, -0.25) is 9.59 Å². The average Bonchev–Trinajstić information content (AvgIpc) is 1.87. The van der Waals surface area contributed by atoms with Gasteiger partial charge in [-0.15, -0.1) is 0 Å². The summed E-state index contributed by atoms with van der Waals surface area (Å²) in [6.07, 6.45) is 0. The van der Waals surface area contributed by atoms with Gasteiger partial charge in [0.25, 0.3) is 0 Å². The third-order valence-electron chi connectivity index (χ3n) is 1.08. The smallest absolute Gasteiger partial charge is 0.246 e. The second-order valence-corrected chi connectivity index (χ2v) is 2.12. The van der Waals surface area contributed by atoms with E-state index in [1.807, 2.05) is 0 Å². The molecule has 2 amide bonds. The predicted octanol–water partition coefficient (Wildman–Crippen LogP) is -1.38. The molecule has 0 aromatic heterocycles. The number of nitrogens with two attached hydrogens (primary N) is 1. The van der Waals surface area contributed by atoms with E-state index in [0.717, 1.165) is 0 Å². The fraction of sp³-hybridized carbons (Fsp3) is 0.667. The summed E-state index contributed by atoms with van der Waals surface area (Å²) in [4.78, 5) is 21.1. The number of carbonyl (C=O) groups is 2. The molecule has 0 aromatic carbocycles. The Morgan fingerprint density at radius 2 is 2.18 bits per heavy atom. The lowest BCUT2D eigenvalue weighted by atomic mass is 10.3. The van der Waals surface area contributed by atoms with Crippen LogP contribution in [0.3, 0.4) is 0 Å². The summed E-state index contributed by atoms with van der Waals surface area (Å²) in [7, 11) is 1.40. The van der Waals surface area contributed by atoms with E-state index in [1.54, 1.807) is 0 Å². The molecule has 0 aliphatic carbocycles. The highest BCUT2D eigenvalue weighted by molar-refractivity contribution is 5.86. The van der Waals surface area contributed by atoms with Crippen molar-refractivity contribution < 1.29 is 14.3 Å². The summed E-state index contributed by atoms with van der Waals surface area (Å²) in [6.45, 7) is 1.45. The molecular weight excluding hydrogens is 148 g/mol. The largest absolute Gasteiger partial charge is 0.375 e. The van der Waals surface area contributed by atoms with Crippen LogP contribution in [0.4, 0.5) is 0 Å². The Morgan fingerprint density at radius 1 is 1.64 bits per heavy atom. The highest BCUT2D eigenvalue weighted by Crippen LogP contribution is 1.78. The normalized spacial score (nSPS) is 12.2. The van der Waals surface area contributed by atoms with Crippen molar-refractivity contribution in [2.45, 2.75) is 13.0 Å². The van der Waals surface area contributed by atoms with Gasteiger partial charge < -0.3 is 15.8 Å². The minimum absolute atomic E-state index is 0.0579. The molecule has 1 atom stereocenters. The molecule has 0 saturated heterocycles. The molecule has 0 fully saturated rings. The summed E-state index contributed by atoms with van der Waals surface area (Å²) >= 11 is 0. The molecular formula is C6H12N2O3. The van der Waals surface area contributed by atoms with E-state index in [1.165, 1.54) is 14.0 Å². The number of primary amides is 1. The fourth-order valence-electron chi connectivity index (χ4n) is 0.485. The minimum atomic E-state index is -0.641. The van der Waals surface area contributed by atoms with Crippen molar-refractivity contribution in [1.82, 2.24) is 5.32 Å². The highest BCUT2D eigenvalue weighted by Gasteiger charge is 2.10. The zero-order valence-corrected chi connectivity index (χ0v) is 6.59. The second kappa shape index (κ2) is 4.68. The molecule has 5 heteroatoms. The van der Waals surface area contributed by atoms with Crippen LogP contribution in [-0.4, -0.2) is 31.6 Å². The van der Waals surface area contributed by atoms with Gasteiger partial charge in [0.2, 0.25) is 11.8 Å². The molecule has 0 aromatic rings. The fourth-order valence-corrected chi connectivity index (χ4v) is 0.485. The number of carbonyl (C=O) groups excluding carboxylic acids is 2. The van der Waals surface area contributed by atoms with Crippen molar-refractivity contribution in [3.8, 4) is 0 Å². The topological polar surface area (TPSA) is 81.4 Å². The van der Waals surface area contributed by atoms with Crippen molar-refractivity contribution in [1.29, 1.82) is 0 Å². The molecule has 0 spiro atoms. The quantitative estimate of drug-likeness (QED) is 0.532. The standard InChI is InChI=1S/C6H12N2O3/c1-4(6(7)10)8-5(9)3-11-2/h4H,3H2,1-2H3,(H2,7,10)(H,8,9)/t4-/m1/s1. The van der Waals surface area contributed by atoms with Gasteiger partial charge in [-0.25, -0.2) is 0 Å². The van der Waals surface area contributed by atoms with Crippen LogP contribution >= 0.6 is 0 Å². The van der Waals surface area contributed by atoms with E-state index in [9.17, 15) is 9.59 Å². The first-order valence-corrected chi connectivity index (χ1v) is 3.15. The van der Waals surface area contributed by atoms with E-state index in [4.69, 9.17) is 5.73 Å². The molecule has 0 aliphatic rings. The summed E-state index contributed by atoms with van der Waals surface area (Å²) in [5.74, 6) is -0.909. The van der Waals surface area contributed by atoms with Crippen LogP contribution < -0.4 is 11.1 Å². The van der Waals surface area contributed by atoms with Gasteiger partial charge in [0.15, 0.2) is 0 Å². The van der Waals surface area contributed by atoms with Gasteiger partial charge >= 0.3 is 0 Å². The first-order valence-electron chi connectivity index (χ1n) is 3.15. The zero-order valence-electron chi connectivity index (χ0n) is 6.59. The van der Waals surface area contributed by atoms with Crippen LogP contribution in [0.15, 0.2) is 0 Å². The number of hydrogen-bond donors (Lipinski definition) is 2. The summed E-state index contributed by atoms with van der Waals surface area (Å²) in [5.41, 5.74) is 4.89. The van der Waals surface area contributed by atoms with Crippen LogP contribution in [0.5, 0.6) is 0 Å². The minimum Gasteiger partial charge on any atom is -0.375 e. The molecule has 64 valence electrons. The van der Waals surface area contributed by atoms with E-state index in [2.05, 4.69) is 10.1 Å². The van der Waals surface area contributed by atoms with E-state index in [-0.39, 0.29) is 12.5 Å². The lowest BCUT2D eigenvalue weighted by Gasteiger charge is -2.08. The third-order valence-corrected chi connectivity index (χ3v) is 1.08. The van der Waals surface area contributed by atoms with Crippen molar-refractivity contribution in [3.05, 3.63) is 0 Å². The predicted molar refractivity (Wildman–Crippen MR) is 38.7 cm³/mol. The third kappa shape index (κ3) is 4.32. The van der Waals surface area contributed by atoms with E-state index < -0.39 is 11.9 Å². The van der Waals surface area contributed by atoms with Gasteiger partial charge in [-0.1, -0.05) is 0 Å². The van der Waals surface area contributed by atoms with Gasteiger partial charge in [0.1, 0.15) is 12.6 Å². The lowest BCUT2D eigenvalue weighted by Crippen LogP contribution is -2.43. The molecule has 0 heterocycles. The average molecular weight is 160 g/mol. The van der Waals surface area contributed by atoms with Crippen molar-refractivity contribution in [2.24, 2.45) is 5.73 Å². The van der Waals surface area contributed by atoms with Gasteiger partial charge in [0.05, 0.1) is 0 Å². The van der Waals surface area contributed by atoms with Crippen molar-refractivity contribution >= 4 is 11.8 Å². The molecule has 0 bridgehead atoms. The van der Waals surface area contributed by atoms with Crippen LogP contribution in [0, 0.1) is 0 Å². The molecule has 0 saturated carbocycles. The highest BCUT2D eigenvalue weighted by atomic mass is 16.5. The number of nitrogens with one attached hydrogen (secondary N) is 1. The van der Waals surface area contributed by atoms with E-state index in [0.29, 0.717) is 0 Å². The maximum absolute atomic E-state index is 10.7. The Labute approximate surface area is 64.9 Å². The van der Waals surface area contributed by atoms with Gasteiger partial charge in [-0.2, -0.15) is 0 Å². The Morgan fingerprint density at radius 3 is 2.55 bits per heavy atom. The Bertz CT molecular complexity index is 158. The number of methoxy groups -OCH3 is 1. The monoisotopic (exact) mass is 160 g/mol. The Kier molecular flexibility index (Phi) is 4.21. The zero-order chi connectivity index (χ0) is 8.85. The molecule has 5 nitrogen and oxygen atoms in total. The summed E-state index contributed by atoms with van der Waals surface area (Å²) in [5, 5.41) is 2.34. The lowest BCUT2D eigenvalue weighted by molar-refractivity contribution is -0.129. The molecule has 11 heavy (non-hydrogen) atoms.